The van der Waals surface area contributed by atoms with Crippen molar-refractivity contribution >= 4 is 8.80 Å². The summed E-state index contributed by atoms with van der Waals surface area (Å²) in [5.41, 5.74) is -0.317. The quantitative estimate of drug-likeness (QED) is 0.612. The Morgan fingerprint density at radius 2 is 1.43 bits per heavy atom. The lowest BCUT2D eigenvalue weighted by molar-refractivity contribution is 0.0673. The predicted octanol–water partition coefficient (Wildman–Crippen LogP) is 1.95. The summed E-state index contributed by atoms with van der Waals surface area (Å²) in [6.45, 7) is 8.96. The highest BCUT2D eigenvalue weighted by Crippen LogP contribution is 2.24. The van der Waals surface area contributed by atoms with Crippen LogP contribution in [-0.4, -0.2) is 28.6 Å². The molecule has 0 fully saturated rings. The van der Waals surface area contributed by atoms with Crippen LogP contribution in [0.3, 0.4) is 0 Å². The molecule has 1 atom stereocenters. The minimum absolute atomic E-state index is 0.317. The van der Waals surface area contributed by atoms with Crippen molar-refractivity contribution in [1.82, 2.24) is 0 Å². The van der Waals surface area contributed by atoms with Crippen LogP contribution in [0.2, 0.25) is 5.54 Å². The molecule has 0 saturated heterocycles. The number of nitrogens with zero attached hydrogens (tertiary/aromatic N) is 1. The van der Waals surface area contributed by atoms with E-state index in [4.69, 9.17) is 18.5 Å². The maximum absolute atomic E-state index is 8.90. The Balaban J connectivity index is 4.64. The van der Waals surface area contributed by atoms with E-state index >= 15 is 0 Å². The van der Waals surface area contributed by atoms with E-state index in [0.29, 0.717) is 19.8 Å². The average Bonchev–Trinajstić information content (AvgIpc) is 2.17. The van der Waals surface area contributed by atoms with E-state index in [-0.39, 0.29) is 5.54 Å². The molecule has 5 heteroatoms. The molecule has 0 aromatic heterocycles. The summed E-state index contributed by atoms with van der Waals surface area (Å²) in [6.07, 6.45) is 0. The van der Waals surface area contributed by atoms with Crippen LogP contribution in [0.15, 0.2) is 0 Å². The van der Waals surface area contributed by atoms with Crippen LogP contribution in [0.4, 0.5) is 0 Å². The normalized spacial score (nSPS) is 13.6. The van der Waals surface area contributed by atoms with Gasteiger partial charge in [-0.25, -0.2) is 0 Å². The van der Waals surface area contributed by atoms with Gasteiger partial charge in [0, 0.05) is 19.8 Å². The molecule has 0 aliphatic rings. The monoisotopic (exact) mass is 217 g/mol. The highest BCUT2D eigenvalue weighted by Gasteiger charge is 2.47. The lowest BCUT2D eigenvalue weighted by Gasteiger charge is -2.29. The SMILES string of the molecule is CCO[Si](OCC)(OCC)[C@@H](C)C#N. The summed E-state index contributed by atoms with van der Waals surface area (Å²) in [4.78, 5) is 0. The van der Waals surface area contributed by atoms with Gasteiger partial charge in [-0.3, -0.25) is 0 Å². The molecule has 0 unspecified atom stereocenters. The van der Waals surface area contributed by atoms with Crippen molar-refractivity contribution < 1.29 is 13.3 Å². The van der Waals surface area contributed by atoms with Gasteiger partial charge in [0.2, 0.25) is 0 Å². The van der Waals surface area contributed by atoms with Gasteiger partial charge in [-0.1, -0.05) is 0 Å². The minimum atomic E-state index is -2.76. The molecule has 0 saturated carbocycles. The zero-order chi connectivity index (χ0) is 11.0. The molecule has 0 aromatic carbocycles. The van der Waals surface area contributed by atoms with Gasteiger partial charge in [0.15, 0.2) is 0 Å². The molecule has 0 amide bonds. The standard InChI is InChI=1S/C9H19NO3Si/c1-5-11-14(12-6-2,13-7-3)9(4)8-10/h9H,5-7H2,1-4H3/t9-/m0/s1. The van der Waals surface area contributed by atoms with Crippen LogP contribution >= 0.6 is 0 Å². The molecule has 0 N–H and O–H groups in total. The molecule has 0 bridgehead atoms. The van der Waals surface area contributed by atoms with Crippen LogP contribution in [0, 0.1) is 11.3 Å². The number of rotatable bonds is 7. The van der Waals surface area contributed by atoms with Gasteiger partial charge in [-0.05, 0) is 27.7 Å². The summed E-state index contributed by atoms with van der Waals surface area (Å²) in [7, 11) is -2.76. The van der Waals surface area contributed by atoms with Crippen LogP contribution in [-0.2, 0) is 13.3 Å². The maximum atomic E-state index is 8.90. The summed E-state index contributed by atoms with van der Waals surface area (Å²) in [5, 5.41) is 8.90. The zero-order valence-electron chi connectivity index (χ0n) is 9.37. The Morgan fingerprint density at radius 3 is 1.64 bits per heavy atom. The summed E-state index contributed by atoms with van der Waals surface area (Å²) >= 11 is 0. The number of nitriles is 1. The molecular formula is C9H19NO3Si. The van der Waals surface area contributed by atoms with Crippen molar-refractivity contribution in [2.45, 2.75) is 33.2 Å². The van der Waals surface area contributed by atoms with Crippen molar-refractivity contribution in [2.24, 2.45) is 0 Å². The third-order valence-electron chi connectivity index (χ3n) is 1.76. The highest BCUT2D eigenvalue weighted by molar-refractivity contribution is 6.63. The van der Waals surface area contributed by atoms with Crippen molar-refractivity contribution in [3.8, 4) is 6.07 Å². The van der Waals surface area contributed by atoms with E-state index in [1.54, 1.807) is 6.92 Å². The molecule has 0 rings (SSSR count). The van der Waals surface area contributed by atoms with Crippen LogP contribution in [0.1, 0.15) is 27.7 Å². The predicted molar refractivity (Wildman–Crippen MR) is 55.7 cm³/mol. The Labute approximate surface area is 87.1 Å². The molecule has 0 heterocycles. The van der Waals surface area contributed by atoms with E-state index in [9.17, 15) is 0 Å². The molecule has 14 heavy (non-hydrogen) atoms. The largest absolute Gasteiger partial charge is 0.518 e. The third kappa shape index (κ3) is 3.39. The van der Waals surface area contributed by atoms with Crippen LogP contribution in [0.5, 0.6) is 0 Å². The van der Waals surface area contributed by atoms with E-state index in [2.05, 4.69) is 6.07 Å². The first-order valence-corrected chi connectivity index (χ1v) is 6.78. The fraction of sp³-hybridized carbons (Fsp3) is 0.889. The fourth-order valence-electron chi connectivity index (χ4n) is 1.18. The smallest absolute Gasteiger partial charge is 0.373 e. The lowest BCUT2D eigenvalue weighted by Crippen LogP contribution is -2.49. The van der Waals surface area contributed by atoms with E-state index < -0.39 is 8.80 Å². The number of hydrogen-bond donors (Lipinski definition) is 0. The summed E-state index contributed by atoms with van der Waals surface area (Å²) < 4.78 is 16.6. The fourth-order valence-corrected chi connectivity index (χ4v) is 3.55. The second-order valence-electron chi connectivity index (χ2n) is 2.75. The Morgan fingerprint density at radius 1 is 1.07 bits per heavy atom. The van der Waals surface area contributed by atoms with Gasteiger partial charge in [0.25, 0.3) is 0 Å². The molecule has 0 aliphatic heterocycles. The molecule has 4 nitrogen and oxygen atoms in total. The van der Waals surface area contributed by atoms with Gasteiger partial charge >= 0.3 is 8.80 Å². The molecule has 0 radical (unpaired) electrons. The first kappa shape index (κ1) is 13.6. The average molecular weight is 217 g/mol. The molecule has 82 valence electrons. The van der Waals surface area contributed by atoms with Crippen molar-refractivity contribution in [1.29, 1.82) is 5.26 Å². The molecular weight excluding hydrogens is 198 g/mol. The van der Waals surface area contributed by atoms with Crippen molar-refractivity contribution in [3.05, 3.63) is 0 Å². The Kier molecular flexibility index (Phi) is 6.75. The van der Waals surface area contributed by atoms with Gasteiger partial charge in [-0.2, -0.15) is 5.26 Å². The molecule has 0 spiro atoms. The highest BCUT2D eigenvalue weighted by atomic mass is 28.4. The lowest BCUT2D eigenvalue weighted by atomic mass is 10.5. The summed E-state index contributed by atoms with van der Waals surface area (Å²) in [5.74, 6) is 0. The molecule has 0 aromatic rings. The first-order valence-electron chi connectivity index (χ1n) is 4.98. The minimum Gasteiger partial charge on any atom is -0.373 e. The topological polar surface area (TPSA) is 51.5 Å². The van der Waals surface area contributed by atoms with E-state index in [1.807, 2.05) is 20.8 Å². The zero-order valence-corrected chi connectivity index (χ0v) is 10.4. The van der Waals surface area contributed by atoms with Crippen LogP contribution < -0.4 is 0 Å². The third-order valence-corrected chi connectivity index (χ3v) is 5.02. The Bertz CT molecular complexity index is 176. The second kappa shape index (κ2) is 6.96. The van der Waals surface area contributed by atoms with E-state index in [0.717, 1.165) is 0 Å². The first-order chi connectivity index (χ1) is 6.66. The van der Waals surface area contributed by atoms with Gasteiger partial charge in [0.1, 0.15) is 5.54 Å². The van der Waals surface area contributed by atoms with Crippen molar-refractivity contribution in [2.75, 3.05) is 19.8 Å². The van der Waals surface area contributed by atoms with Gasteiger partial charge < -0.3 is 13.3 Å². The van der Waals surface area contributed by atoms with Gasteiger partial charge in [0.05, 0.1) is 6.07 Å². The van der Waals surface area contributed by atoms with E-state index in [1.165, 1.54) is 0 Å². The van der Waals surface area contributed by atoms with Gasteiger partial charge in [-0.15, -0.1) is 0 Å². The van der Waals surface area contributed by atoms with Crippen LogP contribution in [0.25, 0.3) is 0 Å². The summed E-state index contributed by atoms with van der Waals surface area (Å²) in [6, 6.07) is 2.15. The second-order valence-corrected chi connectivity index (χ2v) is 5.69. The number of hydrogen-bond acceptors (Lipinski definition) is 4. The maximum Gasteiger partial charge on any atom is 0.518 e. The van der Waals surface area contributed by atoms with Crippen molar-refractivity contribution in [3.63, 3.8) is 0 Å². The molecule has 0 aliphatic carbocycles. The Hall–Kier alpha value is -0.413.